The van der Waals surface area contributed by atoms with Gasteiger partial charge in [0.1, 0.15) is 0 Å². The van der Waals surface area contributed by atoms with Crippen LogP contribution in [0.4, 0.5) is 0 Å². The Morgan fingerprint density at radius 2 is 2.12 bits per heavy atom. The molecule has 3 nitrogen and oxygen atoms in total. The molecule has 0 aromatic heterocycles. The summed E-state index contributed by atoms with van der Waals surface area (Å²) in [7, 11) is 0. The summed E-state index contributed by atoms with van der Waals surface area (Å²) in [5.74, 6) is 0. The third kappa shape index (κ3) is 2.23. The maximum absolute atomic E-state index is 5.44. The molecule has 2 heterocycles. The van der Waals surface area contributed by atoms with Crippen LogP contribution in [0.3, 0.4) is 0 Å². The molecule has 0 spiro atoms. The summed E-state index contributed by atoms with van der Waals surface area (Å²) in [5.41, 5.74) is 4.34. The minimum absolute atomic E-state index is 0.530. The maximum Gasteiger partial charge on any atom is 0.0594 e. The lowest BCUT2D eigenvalue weighted by molar-refractivity contribution is 0.0146. The van der Waals surface area contributed by atoms with Crippen LogP contribution in [0, 0.1) is 6.92 Å². The molecule has 1 aromatic carbocycles. The zero-order valence-electron chi connectivity index (χ0n) is 10.4. The largest absolute Gasteiger partial charge is 0.379 e. The molecule has 1 aromatic rings. The highest BCUT2D eigenvalue weighted by atomic mass is 16.5. The number of hydrogen-bond donors (Lipinski definition) is 1. The fourth-order valence-corrected chi connectivity index (χ4v) is 2.85. The first-order valence-corrected chi connectivity index (χ1v) is 6.46. The smallest absolute Gasteiger partial charge is 0.0594 e. The molecule has 3 rings (SSSR count). The summed E-state index contributed by atoms with van der Waals surface area (Å²) in [5, 5.41) is 3.53. The molecule has 2 aliphatic rings. The van der Waals surface area contributed by atoms with Crippen molar-refractivity contribution >= 4 is 0 Å². The van der Waals surface area contributed by atoms with Gasteiger partial charge < -0.3 is 10.1 Å². The number of aryl methyl sites for hydroxylation is 1. The molecule has 3 heteroatoms. The molecule has 1 fully saturated rings. The van der Waals surface area contributed by atoms with Gasteiger partial charge in [0, 0.05) is 32.2 Å². The Balaban J connectivity index is 1.89. The molecular weight excluding hydrogens is 212 g/mol. The van der Waals surface area contributed by atoms with Crippen LogP contribution in [0.2, 0.25) is 0 Å². The van der Waals surface area contributed by atoms with Crippen LogP contribution >= 0.6 is 0 Å². The lowest BCUT2D eigenvalue weighted by Crippen LogP contribution is -2.45. The zero-order chi connectivity index (χ0) is 11.7. The van der Waals surface area contributed by atoms with E-state index in [2.05, 4.69) is 35.3 Å². The van der Waals surface area contributed by atoms with Gasteiger partial charge in [0.15, 0.2) is 0 Å². The van der Waals surface area contributed by atoms with E-state index >= 15 is 0 Å². The Hall–Kier alpha value is -0.900. The van der Waals surface area contributed by atoms with Crippen molar-refractivity contribution in [3.8, 4) is 0 Å². The second kappa shape index (κ2) is 4.77. The van der Waals surface area contributed by atoms with E-state index in [1.807, 2.05) is 0 Å². The van der Waals surface area contributed by atoms with Crippen molar-refractivity contribution in [1.82, 2.24) is 10.2 Å². The lowest BCUT2D eigenvalue weighted by atomic mass is 9.93. The van der Waals surface area contributed by atoms with Gasteiger partial charge in [-0.1, -0.05) is 23.8 Å². The van der Waals surface area contributed by atoms with Crippen LogP contribution in [0.1, 0.15) is 22.7 Å². The lowest BCUT2D eigenvalue weighted by Gasteiger charge is -2.38. The molecule has 0 aliphatic carbocycles. The quantitative estimate of drug-likeness (QED) is 0.793. The van der Waals surface area contributed by atoms with Crippen molar-refractivity contribution in [3.05, 3.63) is 34.9 Å². The predicted molar refractivity (Wildman–Crippen MR) is 68.0 cm³/mol. The SMILES string of the molecule is Cc1ccc2c(c1)[C@@H](N1CCOCC1)CNC2. The highest BCUT2D eigenvalue weighted by Crippen LogP contribution is 2.28. The van der Waals surface area contributed by atoms with E-state index in [0.29, 0.717) is 6.04 Å². The number of ether oxygens (including phenoxy) is 1. The third-order valence-corrected chi connectivity index (χ3v) is 3.80. The number of hydrogen-bond acceptors (Lipinski definition) is 3. The summed E-state index contributed by atoms with van der Waals surface area (Å²) in [6, 6.07) is 7.37. The molecule has 0 unspecified atom stereocenters. The van der Waals surface area contributed by atoms with E-state index in [-0.39, 0.29) is 0 Å². The summed E-state index contributed by atoms with van der Waals surface area (Å²) in [4.78, 5) is 2.55. The first-order chi connectivity index (χ1) is 8.34. The Bertz CT molecular complexity index is 399. The van der Waals surface area contributed by atoms with Crippen molar-refractivity contribution in [2.45, 2.75) is 19.5 Å². The first kappa shape index (κ1) is 11.2. The summed E-state index contributed by atoms with van der Waals surface area (Å²) >= 11 is 0. The van der Waals surface area contributed by atoms with Gasteiger partial charge in [0.2, 0.25) is 0 Å². The topological polar surface area (TPSA) is 24.5 Å². The van der Waals surface area contributed by atoms with Crippen LogP contribution in [-0.4, -0.2) is 37.7 Å². The number of benzene rings is 1. The molecule has 0 saturated carbocycles. The predicted octanol–water partition coefficient (Wildman–Crippen LogP) is 1.47. The first-order valence-electron chi connectivity index (χ1n) is 6.46. The molecule has 0 radical (unpaired) electrons. The van der Waals surface area contributed by atoms with E-state index in [1.165, 1.54) is 16.7 Å². The van der Waals surface area contributed by atoms with Crippen molar-refractivity contribution < 1.29 is 4.74 Å². The van der Waals surface area contributed by atoms with Gasteiger partial charge in [-0.25, -0.2) is 0 Å². The second-order valence-corrected chi connectivity index (χ2v) is 5.00. The minimum Gasteiger partial charge on any atom is -0.379 e. The summed E-state index contributed by atoms with van der Waals surface area (Å²) < 4.78 is 5.44. The van der Waals surface area contributed by atoms with Gasteiger partial charge >= 0.3 is 0 Å². The van der Waals surface area contributed by atoms with E-state index in [1.54, 1.807) is 0 Å². The Kier molecular flexibility index (Phi) is 3.14. The van der Waals surface area contributed by atoms with Gasteiger partial charge in [-0.05, 0) is 18.1 Å². The number of rotatable bonds is 1. The molecule has 1 N–H and O–H groups in total. The summed E-state index contributed by atoms with van der Waals surface area (Å²) in [6.07, 6.45) is 0. The van der Waals surface area contributed by atoms with Crippen molar-refractivity contribution in [2.75, 3.05) is 32.8 Å². The van der Waals surface area contributed by atoms with E-state index in [0.717, 1.165) is 39.4 Å². The zero-order valence-corrected chi connectivity index (χ0v) is 10.4. The number of fused-ring (bicyclic) bond motifs is 1. The van der Waals surface area contributed by atoms with Gasteiger partial charge in [-0.2, -0.15) is 0 Å². The fraction of sp³-hybridized carbons (Fsp3) is 0.571. The minimum atomic E-state index is 0.530. The molecule has 0 amide bonds. The van der Waals surface area contributed by atoms with E-state index < -0.39 is 0 Å². The second-order valence-electron chi connectivity index (χ2n) is 5.00. The van der Waals surface area contributed by atoms with E-state index in [4.69, 9.17) is 4.74 Å². The molecule has 92 valence electrons. The highest BCUT2D eigenvalue weighted by molar-refractivity contribution is 5.36. The fourth-order valence-electron chi connectivity index (χ4n) is 2.85. The Morgan fingerprint density at radius 1 is 1.29 bits per heavy atom. The van der Waals surface area contributed by atoms with Gasteiger partial charge in [0.25, 0.3) is 0 Å². The average molecular weight is 232 g/mol. The van der Waals surface area contributed by atoms with Gasteiger partial charge in [-0.3, -0.25) is 4.90 Å². The van der Waals surface area contributed by atoms with Crippen LogP contribution in [0.5, 0.6) is 0 Å². The van der Waals surface area contributed by atoms with Gasteiger partial charge in [0.05, 0.1) is 13.2 Å². The van der Waals surface area contributed by atoms with Crippen LogP contribution in [-0.2, 0) is 11.3 Å². The molecule has 17 heavy (non-hydrogen) atoms. The van der Waals surface area contributed by atoms with Crippen LogP contribution < -0.4 is 5.32 Å². The van der Waals surface area contributed by atoms with Crippen LogP contribution in [0.15, 0.2) is 18.2 Å². The highest BCUT2D eigenvalue weighted by Gasteiger charge is 2.26. The standard InChI is InChI=1S/C14H20N2O/c1-11-2-3-12-9-15-10-14(13(12)8-11)16-4-6-17-7-5-16/h2-3,8,14-15H,4-7,9-10H2,1H3/t14-/m0/s1. The molecule has 0 bridgehead atoms. The molecule has 1 saturated heterocycles. The van der Waals surface area contributed by atoms with E-state index in [9.17, 15) is 0 Å². The van der Waals surface area contributed by atoms with Gasteiger partial charge in [-0.15, -0.1) is 0 Å². The number of morpholine rings is 1. The molecule has 2 aliphatic heterocycles. The summed E-state index contributed by atoms with van der Waals surface area (Å²) in [6.45, 7) is 8.11. The van der Waals surface area contributed by atoms with Crippen molar-refractivity contribution in [2.24, 2.45) is 0 Å². The number of nitrogens with zero attached hydrogens (tertiary/aromatic N) is 1. The number of nitrogens with one attached hydrogen (secondary N) is 1. The Morgan fingerprint density at radius 3 is 2.94 bits per heavy atom. The molecular formula is C14H20N2O. The normalized spacial score (nSPS) is 25.6. The maximum atomic E-state index is 5.44. The Labute approximate surface area is 103 Å². The van der Waals surface area contributed by atoms with Crippen molar-refractivity contribution in [1.29, 1.82) is 0 Å². The van der Waals surface area contributed by atoms with Crippen molar-refractivity contribution in [3.63, 3.8) is 0 Å². The third-order valence-electron chi connectivity index (χ3n) is 3.80. The van der Waals surface area contributed by atoms with Crippen LogP contribution in [0.25, 0.3) is 0 Å². The monoisotopic (exact) mass is 232 g/mol. The molecule has 1 atom stereocenters. The average Bonchev–Trinajstić information content (AvgIpc) is 2.39.